The van der Waals surface area contributed by atoms with Gasteiger partial charge in [0.2, 0.25) is 5.91 Å². The van der Waals surface area contributed by atoms with Gasteiger partial charge in [0.25, 0.3) is 5.91 Å². The molecule has 0 unspecified atom stereocenters. The quantitative estimate of drug-likeness (QED) is 0.732. The van der Waals surface area contributed by atoms with Crippen molar-refractivity contribution in [3.63, 3.8) is 0 Å². The van der Waals surface area contributed by atoms with Gasteiger partial charge in [0, 0.05) is 23.2 Å². The number of ketones is 1. The maximum Gasteiger partial charge on any atom is 0.252 e. The summed E-state index contributed by atoms with van der Waals surface area (Å²) in [5.74, 6) is -0.483. The zero-order valence-corrected chi connectivity index (χ0v) is 16.0. The zero-order valence-electron chi connectivity index (χ0n) is 16.0. The Kier molecular flexibility index (Phi) is 4.75. The number of nitrogens with one attached hydrogen (secondary N) is 2. The van der Waals surface area contributed by atoms with E-state index in [9.17, 15) is 14.4 Å². The van der Waals surface area contributed by atoms with Crippen LogP contribution in [-0.4, -0.2) is 29.7 Å². The first kappa shape index (κ1) is 18.4. The lowest BCUT2D eigenvalue weighted by molar-refractivity contribution is -0.128. The topological polar surface area (TPSA) is 75.3 Å². The van der Waals surface area contributed by atoms with Crippen LogP contribution in [0, 0.1) is 0 Å². The van der Waals surface area contributed by atoms with Gasteiger partial charge in [-0.25, -0.2) is 0 Å². The average Bonchev–Trinajstić information content (AvgIpc) is 3.01. The first-order valence-electron chi connectivity index (χ1n) is 9.95. The van der Waals surface area contributed by atoms with Crippen molar-refractivity contribution >= 4 is 17.6 Å². The van der Waals surface area contributed by atoms with Crippen LogP contribution in [0.5, 0.6) is 0 Å². The maximum atomic E-state index is 13.0. The van der Waals surface area contributed by atoms with Crippen molar-refractivity contribution in [1.29, 1.82) is 0 Å². The van der Waals surface area contributed by atoms with Gasteiger partial charge >= 0.3 is 0 Å². The van der Waals surface area contributed by atoms with Crippen LogP contribution < -0.4 is 10.6 Å². The van der Waals surface area contributed by atoms with Crippen molar-refractivity contribution < 1.29 is 14.4 Å². The van der Waals surface area contributed by atoms with E-state index in [1.54, 1.807) is 12.1 Å². The van der Waals surface area contributed by atoms with Crippen molar-refractivity contribution in [1.82, 2.24) is 10.6 Å². The number of carbonyl (C=O) groups is 3. The van der Waals surface area contributed by atoms with Gasteiger partial charge in [-0.2, -0.15) is 0 Å². The molecule has 0 atom stereocenters. The summed E-state index contributed by atoms with van der Waals surface area (Å²) in [6.45, 7) is 2.40. The molecule has 0 radical (unpaired) electrons. The number of benzene rings is 2. The normalized spacial score (nSPS) is 16.8. The van der Waals surface area contributed by atoms with E-state index in [4.69, 9.17) is 0 Å². The molecule has 2 aliphatic carbocycles. The van der Waals surface area contributed by atoms with Gasteiger partial charge in [0.15, 0.2) is 5.78 Å². The molecule has 0 aromatic heterocycles. The summed E-state index contributed by atoms with van der Waals surface area (Å²) in [5.41, 5.74) is 2.52. The van der Waals surface area contributed by atoms with Crippen LogP contribution in [0.4, 0.5) is 0 Å². The lowest BCUT2D eigenvalue weighted by Crippen LogP contribution is -2.59. The molecule has 0 bridgehead atoms. The monoisotopic (exact) mass is 376 g/mol. The Morgan fingerprint density at radius 3 is 2.32 bits per heavy atom. The third kappa shape index (κ3) is 3.01. The van der Waals surface area contributed by atoms with Crippen LogP contribution in [0.2, 0.25) is 0 Å². The number of carbonyl (C=O) groups excluding carboxylic acids is 3. The van der Waals surface area contributed by atoms with E-state index in [0.29, 0.717) is 36.1 Å². The molecule has 2 aromatic carbocycles. The third-order valence-electron chi connectivity index (χ3n) is 5.82. The van der Waals surface area contributed by atoms with Gasteiger partial charge in [-0.1, -0.05) is 49.6 Å². The summed E-state index contributed by atoms with van der Waals surface area (Å²) in [7, 11) is 0. The van der Waals surface area contributed by atoms with Gasteiger partial charge in [0.05, 0.1) is 0 Å². The fraction of sp³-hybridized carbons (Fsp3) is 0.348. The minimum absolute atomic E-state index is 0.0589. The summed E-state index contributed by atoms with van der Waals surface area (Å²) in [6.07, 6.45) is 4.17. The first-order chi connectivity index (χ1) is 13.6. The van der Waals surface area contributed by atoms with Gasteiger partial charge in [-0.15, -0.1) is 0 Å². The van der Waals surface area contributed by atoms with E-state index in [2.05, 4.69) is 10.6 Å². The lowest BCUT2D eigenvalue weighted by atomic mass is 9.80. The average molecular weight is 376 g/mol. The minimum Gasteiger partial charge on any atom is -0.354 e. The second-order valence-corrected chi connectivity index (χ2v) is 7.59. The molecule has 5 nitrogen and oxygen atoms in total. The molecule has 1 saturated carbocycles. The fourth-order valence-electron chi connectivity index (χ4n) is 4.35. The van der Waals surface area contributed by atoms with E-state index >= 15 is 0 Å². The minimum atomic E-state index is -0.864. The standard InChI is InChI=1S/C23H24N2O3/c1-2-24-22(28)23(12-6-3-7-13-23)25-21(27)15-10-11-17-16-8-4-5-9-18(16)20(26)19(17)14-15/h4-5,8-11,14H,2-3,6-7,12-13H2,1H3,(H,24,28)(H,25,27). The molecular weight excluding hydrogens is 352 g/mol. The SMILES string of the molecule is CCNC(=O)C1(NC(=O)c2ccc3c(c2)C(=O)c2ccccc2-3)CCCCC1. The number of likely N-dealkylation sites (N-methyl/N-ethyl adjacent to an activating group) is 1. The molecule has 144 valence electrons. The van der Waals surface area contributed by atoms with Crippen molar-refractivity contribution in [2.75, 3.05) is 6.54 Å². The van der Waals surface area contributed by atoms with Crippen molar-refractivity contribution in [2.45, 2.75) is 44.6 Å². The van der Waals surface area contributed by atoms with Gasteiger partial charge in [-0.05, 0) is 43.0 Å². The molecule has 28 heavy (non-hydrogen) atoms. The van der Waals surface area contributed by atoms with Crippen molar-refractivity contribution in [3.8, 4) is 11.1 Å². The van der Waals surface area contributed by atoms with E-state index in [0.717, 1.165) is 30.4 Å². The molecule has 1 fully saturated rings. The molecule has 0 aliphatic heterocycles. The highest BCUT2D eigenvalue weighted by atomic mass is 16.2. The fourth-order valence-corrected chi connectivity index (χ4v) is 4.35. The molecule has 2 amide bonds. The third-order valence-corrected chi connectivity index (χ3v) is 5.82. The summed E-state index contributed by atoms with van der Waals surface area (Å²) < 4.78 is 0. The van der Waals surface area contributed by atoms with Crippen molar-refractivity contribution in [2.24, 2.45) is 0 Å². The molecule has 0 heterocycles. The molecule has 0 saturated heterocycles. The smallest absolute Gasteiger partial charge is 0.252 e. The molecule has 5 heteroatoms. The molecule has 2 aliphatic rings. The highest BCUT2D eigenvalue weighted by molar-refractivity contribution is 6.22. The zero-order chi connectivity index (χ0) is 19.7. The summed E-state index contributed by atoms with van der Waals surface area (Å²) in [5, 5.41) is 5.86. The Morgan fingerprint density at radius 1 is 0.929 bits per heavy atom. The van der Waals surface area contributed by atoms with E-state index in [1.807, 2.05) is 37.3 Å². The Hall–Kier alpha value is -2.95. The van der Waals surface area contributed by atoms with Crippen LogP contribution in [0.15, 0.2) is 42.5 Å². The molecule has 2 aromatic rings. The van der Waals surface area contributed by atoms with E-state index in [1.165, 1.54) is 0 Å². The predicted octanol–water partition coefficient (Wildman–Crippen LogP) is 3.47. The predicted molar refractivity (Wildman–Crippen MR) is 107 cm³/mol. The number of hydrogen-bond acceptors (Lipinski definition) is 3. The van der Waals surface area contributed by atoms with Gasteiger partial charge < -0.3 is 10.6 Å². The number of hydrogen-bond donors (Lipinski definition) is 2. The van der Waals surface area contributed by atoms with Crippen LogP contribution in [0.3, 0.4) is 0 Å². The first-order valence-corrected chi connectivity index (χ1v) is 9.95. The van der Waals surface area contributed by atoms with Gasteiger partial charge in [0.1, 0.15) is 5.54 Å². The molecule has 2 N–H and O–H groups in total. The summed E-state index contributed by atoms with van der Waals surface area (Å²) >= 11 is 0. The van der Waals surface area contributed by atoms with Crippen molar-refractivity contribution in [3.05, 3.63) is 59.2 Å². The summed E-state index contributed by atoms with van der Waals surface area (Å²) in [6, 6.07) is 12.7. The maximum absolute atomic E-state index is 13.0. The Morgan fingerprint density at radius 2 is 1.61 bits per heavy atom. The second kappa shape index (κ2) is 7.23. The highest BCUT2D eigenvalue weighted by Crippen LogP contribution is 2.37. The molecule has 0 spiro atoms. The second-order valence-electron chi connectivity index (χ2n) is 7.59. The summed E-state index contributed by atoms with van der Waals surface area (Å²) in [4.78, 5) is 38.4. The van der Waals surface area contributed by atoms with Crippen LogP contribution in [0.25, 0.3) is 11.1 Å². The van der Waals surface area contributed by atoms with E-state index < -0.39 is 5.54 Å². The number of rotatable bonds is 4. The Balaban J connectivity index is 1.62. The lowest BCUT2D eigenvalue weighted by Gasteiger charge is -2.36. The van der Waals surface area contributed by atoms with Crippen LogP contribution >= 0.6 is 0 Å². The van der Waals surface area contributed by atoms with Crippen LogP contribution in [0.1, 0.15) is 65.3 Å². The molecule has 4 rings (SSSR count). The van der Waals surface area contributed by atoms with E-state index in [-0.39, 0.29) is 17.6 Å². The molecular formula is C23H24N2O3. The van der Waals surface area contributed by atoms with Gasteiger partial charge in [-0.3, -0.25) is 14.4 Å². The Labute approximate surface area is 164 Å². The Bertz CT molecular complexity index is 958. The largest absolute Gasteiger partial charge is 0.354 e. The highest BCUT2D eigenvalue weighted by Gasteiger charge is 2.41. The van der Waals surface area contributed by atoms with Crippen LogP contribution in [-0.2, 0) is 4.79 Å². The number of fused-ring (bicyclic) bond motifs is 3. The number of amides is 2.